The van der Waals surface area contributed by atoms with Crippen molar-refractivity contribution in [2.45, 2.75) is 19.8 Å². The first-order chi connectivity index (χ1) is 9.02. The maximum Gasteiger partial charge on any atom is 0.337 e. The molecule has 0 aliphatic carbocycles. The number of nitrogens with zero attached hydrogens (tertiary/aromatic N) is 1. The minimum Gasteiger partial charge on any atom is -0.465 e. The first-order valence-electron chi connectivity index (χ1n) is 5.86. The van der Waals surface area contributed by atoms with Gasteiger partial charge in [-0.05, 0) is 41.2 Å². The number of carbonyl (C=O) groups excluding carboxylic acids is 1. The average molecular weight is 279 g/mol. The standard InChI is InChI=1S/C14H14FNO2S/c1-8(2)13-12(7-16-19-13)9-4-10(14(17)18-3)6-11(15)5-9/h4-8H,1-3H3. The van der Waals surface area contributed by atoms with Gasteiger partial charge in [0.2, 0.25) is 0 Å². The van der Waals surface area contributed by atoms with E-state index in [9.17, 15) is 9.18 Å². The predicted octanol–water partition coefficient (Wildman–Crippen LogP) is 3.86. The Morgan fingerprint density at radius 2 is 2.11 bits per heavy atom. The molecule has 0 aliphatic heterocycles. The molecule has 0 unspecified atom stereocenters. The summed E-state index contributed by atoms with van der Waals surface area (Å²) in [6.45, 7) is 4.11. The van der Waals surface area contributed by atoms with Gasteiger partial charge < -0.3 is 4.74 Å². The van der Waals surface area contributed by atoms with Crippen LogP contribution in [0.15, 0.2) is 24.4 Å². The van der Waals surface area contributed by atoms with Crippen molar-refractivity contribution in [3.05, 3.63) is 40.7 Å². The minimum atomic E-state index is -0.546. The van der Waals surface area contributed by atoms with E-state index in [1.807, 2.05) is 0 Å². The van der Waals surface area contributed by atoms with E-state index in [1.165, 1.54) is 30.8 Å². The normalized spacial score (nSPS) is 10.8. The molecule has 0 saturated heterocycles. The van der Waals surface area contributed by atoms with Gasteiger partial charge in [-0.2, -0.15) is 0 Å². The van der Waals surface area contributed by atoms with Crippen LogP contribution in [0.4, 0.5) is 4.39 Å². The Hall–Kier alpha value is -1.75. The van der Waals surface area contributed by atoms with Crippen molar-refractivity contribution >= 4 is 17.5 Å². The van der Waals surface area contributed by atoms with Crippen molar-refractivity contribution < 1.29 is 13.9 Å². The van der Waals surface area contributed by atoms with Gasteiger partial charge in [0.05, 0.1) is 12.7 Å². The number of hydrogen-bond acceptors (Lipinski definition) is 4. The molecule has 2 aromatic rings. The Kier molecular flexibility index (Phi) is 3.95. The van der Waals surface area contributed by atoms with E-state index in [0.717, 1.165) is 10.4 Å². The summed E-state index contributed by atoms with van der Waals surface area (Å²) in [7, 11) is 1.28. The maximum absolute atomic E-state index is 13.6. The molecule has 0 saturated carbocycles. The second-order valence-corrected chi connectivity index (χ2v) is 5.31. The average Bonchev–Trinajstić information content (AvgIpc) is 2.86. The van der Waals surface area contributed by atoms with Crippen LogP contribution in [-0.2, 0) is 4.74 Å². The van der Waals surface area contributed by atoms with E-state index in [2.05, 4.69) is 23.0 Å². The van der Waals surface area contributed by atoms with E-state index in [4.69, 9.17) is 0 Å². The summed E-state index contributed by atoms with van der Waals surface area (Å²) in [6.07, 6.45) is 1.70. The van der Waals surface area contributed by atoms with E-state index in [1.54, 1.807) is 12.3 Å². The fraction of sp³-hybridized carbons (Fsp3) is 0.286. The summed E-state index contributed by atoms with van der Waals surface area (Å²) >= 11 is 1.39. The molecule has 1 heterocycles. The summed E-state index contributed by atoms with van der Waals surface area (Å²) in [5.41, 5.74) is 1.72. The van der Waals surface area contributed by atoms with Crippen molar-refractivity contribution in [1.82, 2.24) is 4.37 Å². The summed E-state index contributed by atoms with van der Waals surface area (Å²) in [5.74, 6) is -0.707. The van der Waals surface area contributed by atoms with Crippen LogP contribution >= 0.6 is 11.5 Å². The van der Waals surface area contributed by atoms with Crippen LogP contribution < -0.4 is 0 Å². The number of esters is 1. The lowest BCUT2D eigenvalue weighted by molar-refractivity contribution is 0.0600. The lowest BCUT2D eigenvalue weighted by Gasteiger charge is -2.08. The monoisotopic (exact) mass is 279 g/mol. The topological polar surface area (TPSA) is 39.2 Å². The van der Waals surface area contributed by atoms with Crippen LogP contribution in [0, 0.1) is 5.82 Å². The highest BCUT2D eigenvalue weighted by atomic mass is 32.1. The Labute approximate surface area is 115 Å². The quantitative estimate of drug-likeness (QED) is 0.801. The molecule has 19 heavy (non-hydrogen) atoms. The van der Waals surface area contributed by atoms with Gasteiger partial charge in [-0.15, -0.1) is 0 Å². The number of rotatable bonds is 3. The van der Waals surface area contributed by atoms with Gasteiger partial charge in [0.15, 0.2) is 0 Å². The number of hydrogen-bond donors (Lipinski definition) is 0. The van der Waals surface area contributed by atoms with E-state index < -0.39 is 11.8 Å². The van der Waals surface area contributed by atoms with E-state index in [-0.39, 0.29) is 5.56 Å². The molecular formula is C14H14FNO2S. The van der Waals surface area contributed by atoms with Crippen molar-refractivity contribution in [1.29, 1.82) is 0 Å². The van der Waals surface area contributed by atoms with Gasteiger partial charge in [0, 0.05) is 16.6 Å². The number of halogens is 1. The predicted molar refractivity (Wildman–Crippen MR) is 72.9 cm³/mol. The Morgan fingerprint density at radius 1 is 1.37 bits per heavy atom. The second-order valence-electron chi connectivity index (χ2n) is 4.48. The smallest absolute Gasteiger partial charge is 0.337 e. The van der Waals surface area contributed by atoms with Crippen LogP contribution in [0.3, 0.4) is 0 Å². The van der Waals surface area contributed by atoms with Crippen LogP contribution in [0.5, 0.6) is 0 Å². The van der Waals surface area contributed by atoms with Gasteiger partial charge >= 0.3 is 5.97 Å². The molecule has 0 atom stereocenters. The molecule has 0 fully saturated rings. The van der Waals surface area contributed by atoms with Gasteiger partial charge in [-0.25, -0.2) is 13.6 Å². The number of carbonyl (C=O) groups is 1. The third-order valence-electron chi connectivity index (χ3n) is 2.75. The maximum atomic E-state index is 13.6. The molecule has 0 radical (unpaired) electrons. The van der Waals surface area contributed by atoms with Crippen LogP contribution in [0.1, 0.15) is 35.0 Å². The first kappa shape index (κ1) is 13.7. The third kappa shape index (κ3) is 2.81. The molecule has 0 N–H and O–H groups in total. The summed E-state index contributed by atoms with van der Waals surface area (Å²) in [5, 5.41) is 0. The van der Waals surface area contributed by atoms with Gasteiger partial charge in [-0.1, -0.05) is 13.8 Å². The zero-order valence-electron chi connectivity index (χ0n) is 10.9. The van der Waals surface area contributed by atoms with Gasteiger partial charge in [0.1, 0.15) is 5.82 Å². The van der Waals surface area contributed by atoms with Crippen molar-refractivity contribution in [3.63, 3.8) is 0 Å². The van der Waals surface area contributed by atoms with Crippen molar-refractivity contribution in [2.75, 3.05) is 7.11 Å². The lowest BCUT2D eigenvalue weighted by Crippen LogP contribution is -2.02. The highest BCUT2D eigenvalue weighted by Crippen LogP contribution is 2.33. The molecule has 0 aliphatic rings. The number of aromatic nitrogens is 1. The Balaban J connectivity index is 2.53. The van der Waals surface area contributed by atoms with Crippen LogP contribution in [-0.4, -0.2) is 17.5 Å². The fourth-order valence-electron chi connectivity index (χ4n) is 1.86. The molecule has 5 heteroatoms. The Bertz CT molecular complexity index is 607. The molecule has 0 spiro atoms. The van der Waals surface area contributed by atoms with E-state index >= 15 is 0 Å². The zero-order chi connectivity index (χ0) is 14.0. The Morgan fingerprint density at radius 3 is 2.74 bits per heavy atom. The van der Waals surface area contributed by atoms with Gasteiger partial charge in [-0.3, -0.25) is 0 Å². The third-order valence-corrected chi connectivity index (χ3v) is 3.85. The number of methoxy groups -OCH3 is 1. The zero-order valence-corrected chi connectivity index (χ0v) is 11.8. The van der Waals surface area contributed by atoms with Crippen molar-refractivity contribution in [2.24, 2.45) is 0 Å². The minimum absolute atomic E-state index is 0.207. The SMILES string of the molecule is COC(=O)c1cc(F)cc(-c2cnsc2C(C)C)c1. The summed E-state index contributed by atoms with van der Waals surface area (Å²) in [4.78, 5) is 12.6. The molecule has 0 amide bonds. The molecular weight excluding hydrogens is 265 g/mol. The van der Waals surface area contributed by atoms with Crippen molar-refractivity contribution in [3.8, 4) is 11.1 Å². The summed E-state index contributed by atoms with van der Waals surface area (Å²) in [6, 6.07) is 4.21. The molecule has 1 aromatic carbocycles. The molecule has 100 valence electrons. The highest BCUT2D eigenvalue weighted by molar-refractivity contribution is 7.06. The van der Waals surface area contributed by atoms with Crippen LogP contribution in [0.25, 0.3) is 11.1 Å². The van der Waals surface area contributed by atoms with E-state index in [0.29, 0.717) is 11.5 Å². The second kappa shape index (κ2) is 5.48. The number of benzene rings is 1. The summed E-state index contributed by atoms with van der Waals surface area (Å²) < 4.78 is 22.4. The molecule has 3 nitrogen and oxygen atoms in total. The lowest BCUT2D eigenvalue weighted by atomic mass is 10.00. The molecule has 0 bridgehead atoms. The molecule has 2 rings (SSSR count). The highest BCUT2D eigenvalue weighted by Gasteiger charge is 2.15. The molecule has 1 aromatic heterocycles. The van der Waals surface area contributed by atoms with Gasteiger partial charge in [0.25, 0.3) is 0 Å². The number of ether oxygens (including phenoxy) is 1. The largest absolute Gasteiger partial charge is 0.465 e. The van der Waals surface area contributed by atoms with Crippen LogP contribution in [0.2, 0.25) is 0 Å². The first-order valence-corrected chi connectivity index (χ1v) is 6.64. The fourth-order valence-corrected chi connectivity index (χ4v) is 2.61.